The first kappa shape index (κ1) is 15.6. The lowest BCUT2D eigenvalue weighted by atomic mass is 9.95. The molecular weight excluding hydrogens is 320 g/mol. The van der Waals surface area contributed by atoms with Gasteiger partial charge < -0.3 is 14.6 Å². The Kier molecular flexibility index (Phi) is 5.73. The average Bonchev–Trinajstić information content (AvgIpc) is 2.64. The van der Waals surface area contributed by atoms with Crippen LogP contribution in [0, 0.1) is 5.92 Å². The fourth-order valence-electron chi connectivity index (χ4n) is 2.57. The number of hydrogen-bond donors (Lipinski definition) is 1. The zero-order valence-corrected chi connectivity index (χ0v) is 13.8. The van der Waals surface area contributed by atoms with Crippen molar-refractivity contribution < 1.29 is 14.6 Å². The van der Waals surface area contributed by atoms with Gasteiger partial charge in [-0.25, -0.2) is 0 Å². The van der Waals surface area contributed by atoms with Crippen LogP contribution in [-0.4, -0.2) is 18.3 Å². The van der Waals surface area contributed by atoms with Crippen LogP contribution in [0.2, 0.25) is 0 Å². The molecule has 0 saturated carbocycles. The van der Waals surface area contributed by atoms with E-state index in [2.05, 4.69) is 29.8 Å². The van der Waals surface area contributed by atoms with Gasteiger partial charge in [0, 0.05) is 6.42 Å². The molecule has 1 N–H and O–H groups in total. The Morgan fingerprint density at radius 1 is 1.30 bits per heavy atom. The fourth-order valence-corrected chi connectivity index (χ4v) is 3.15. The van der Waals surface area contributed by atoms with Gasteiger partial charge in [-0.2, -0.15) is 0 Å². The second-order valence-corrected chi connectivity index (χ2v) is 6.38. The first-order valence-corrected chi connectivity index (χ1v) is 8.18. The molecular formula is C16H23BrO3. The molecule has 0 amide bonds. The maximum Gasteiger partial charge on any atom is 0.175 e. The van der Waals surface area contributed by atoms with Crippen LogP contribution in [0.25, 0.3) is 0 Å². The summed E-state index contributed by atoms with van der Waals surface area (Å²) in [5.41, 5.74) is 0.893. The van der Waals surface area contributed by atoms with Crippen molar-refractivity contribution in [1.82, 2.24) is 0 Å². The minimum absolute atomic E-state index is 0.454. The van der Waals surface area contributed by atoms with E-state index in [-0.39, 0.29) is 0 Å². The largest absolute Gasteiger partial charge is 0.490 e. The highest BCUT2D eigenvalue weighted by atomic mass is 79.9. The highest BCUT2D eigenvalue weighted by Crippen LogP contribution is 2.40. The van der Waals surface area contributed by atoms with Gasteiger partial charge in [-0.15, -0.1) is 0 Å². The van der Waals surface area contributed by atoms with Gasteiger partial charge in [-0.05, 0) is 46.0 Å². The van der Waals surface area contributed by atoms with Gasteiger partial charge in [0.1, 0.15) is 0 Å². The molecule has 3 nitrogen and oxygen atoms in total. The van der Waals surface area contributed by atoms with Crippen molar-refractivity contribution in [2.24, 2.45) is 5.92 Å². The van der Waals surface area contributed by atoms with Crippen LogP contribution in [0.4, 0.5) is 0 Å². The molecule has 0 spiro atoms. The van der Waals surface area contributed by atoms with Gasteiger partial charge in [0.15, 0.2) is 11.5 Å². The SMILES string of the molecule is CCCC(C)CC(O)c1cc(Br)c2c(c1)OCCCO2. The lowest BCUT2D eigenvalue weighted by Crippen LogP contribution is -2.05. The van der Waals surface area contributed by atoms with Crippen molar-refractivity contribution in [2.45, 2.75) is 45.6 Å². The lowest BCUT2D eigenvalue weighted by Gasteiger charge is -2.18. The molecule has 1 aromatic carbocycles. The Morgan fingerprint density at radius 2 is 2.05 bits per heavy atom. The van der Waals surface area contributed by atoms with Crippen LogP contribution in [0.1, 0.15) is 51.2 Å². The molecule has 0 fully saturated rings. The van der Waals surface area contributed by atoms with E-state index in [1.54, 1.807) is 0 Å². The maximum absolute atomic E-state index is 10.4. The van der Waals surface area contributed by atoms with Crippen LogP contribution in [0.15, 0.2) is 16.6 Å². The van der Waals surface area contributed by atoms with Crippen molar-refractivity contribution in [3.63, 3.8) is 0 Å². The molecule has 1 aromatic rings. The van der Waals surface area contributed by atoms with Gasteiger partial charge in [0.2, 0.25) is 0 Å². The summed E-state index contributed by atoms with van der Waals surface area (Å²) < 4.78 is 12.2. The Morgan fingerprint density at radius 3 is 2.80 bits per heavy atom. The second kappa shape index (κ2) is 7.32. The summed E-state index contributed by atoms with van der Waals surface area (Å²) in [6.45, 7) is 5.68. The number of aliphatic hydroxyl groups excluding tert-OH is 1. The van der Waals surface area contributed by atoms with E-state index < -0.39 is 6.10 Å². The number of hydrogen-bond acceptors (Lipinski definition) is 3. The van der Waals surface area contributed by atoms with Gasteiger partial charge >= 0.3 is 0 Å². The Labute approximate surface area is 129 Å². The van der Waals surface area contributed by atoms with Crippen LogP contribution in [-0.2, 0) is 0 Å². The van der Waals surface area contributed by atoms with E-state index in [1.807, 2.05) is 12.1 Å². The summed E-state index contributed by atoms with van der Waals surface area (Å²) in [5, 5.41) is 10.4. The molecule has 0 aromatic heterocycles. The molecule has 0 radical (unpaired) electrons. The quantitative estimate of drug-likeness (QED) is 0.857. The van der Waals surface area contributed by atoms with Crippen LogP contribution >= 0.6 is 15.9 Å². The normalized spacial score (nSPS) is 17.4. The third kappa shape index (κ3) is 3.89. The first-order valence-electron chi connectivity index (χ1n) is 7.39. The van der Waals surface area contributed by atoms with Gasteiger partial charge in [0.25, 0.3) is 0 Å². The minimum Gasteiger partial charge on any atom is -0.490 e. The van der Waals surface area contributed by atoms with Crippen molar-refractivity contribution in [2.75, 3.05) is 13.2 Å². The van der Waals surface area contributed by atoms with Crippen LogP contribution in [0.3, 0.4) is 0 Å². The smallest absolute Gasteiger partial charge is 0.175 e. The molecule has 4 heteroatoms. The fraction of sp³-hybridized carbons (Fsp3) is 0.625. The number of rotatable bonds is 5. The third-order valence-electron chi connectivity index (χ3n) is 3.62. The van der Waals surface area contributed by atoms with Gasteiger partial charge in [0.05, 0.1) is 23.8 Å². The summed E-state index contributed by atoms with van der Waals surface area (Å²) in [5.74, 6) is 2.00. The summed E-state index contributed by atoms with van der Waals surface area (Å²) in [7, 11) is 0. The van der Waals surface area contributed by atoms with E-state index in [1.165, 1.54) is 0 Å². The van der Waals surface area contributed by atoms with Crippen molar-refractivity contribution in [3.05, 3.63) is 22.2 Å². The van der Waals surface area contributed by atoms with E-state index in [9.17, 15) is 5.11 Å². The standard InChI is InChI=1S/C16H23BrO3/c1-3-5-11(2)8-14(18)12-9-13(17)16-15(10-12)19-6-4-7-20-16/h9-11,14,18H,3-8H2,1-2H3. The van der Waals surface area contributed by atoms with Crippen molar-refractivity contribution in [3.8, 4) is 11.5 Å². The van der Waals surface area contributed by atoms with E-state index in [0.29, 0.717) is 19.1 Å². The number of fused-ring (bicyclic) bond motifs is 1. The molecule has 1 heterocycles. The second-order valence-electron chi connectivity index (χ2n) is 5.53. The molecule has 112 valence electrons. The zero-order chi connectivity index (χ0) is 14.5. The predicted molar refractivity (Wildman–Crippen MR) is 83.4 cm³/mol. The molecule has 0 aliphatic carbocycles. The lowest BCUT2D eigenvalue weighted by molar-refractivity contribution is 0.144. The highest BCUT2D eigenvalue weighted by molar-refractivity contribution is 9.10. The average molecular weight is 343 g/mol. The molecule has 1 aliphatic heterocycles. The van der Waals surface area contributed by atoms with E-state index >= 15 is 0 Å². The molecule has 20 heavy (non-hydrogen) atoms. The topological polar surface area (TPSA) is 38.7 Å². The molecule has 0 bridgehead atoms. The number of aliphatic hydroxyl groups is 1. The van der Waals surface area contributed by atoms with Crippen molar-refractivity contribution in [1.29, 1.82) is 0 Å². The number of halogens is 1. The molecule has 0 saturated heterocycles. The summed E-state index contributed by atoms with van der Waals surface area (Å²) in [6.07, 6.45) is 3.50. The van der Waals surface area contributed by atoms with Crippen molar-refractivity contribution >= 4 is 15.9 Å². The summed E-state index contributed by atoms with van der Waals surface area (Å²) >= 11 is 3.52. The Bertz CT molecular complexity index is 448. The Hall–Kier alpha value is -0.740. The molecule has 2 unspecified atom stereocenters. The zero-order valence-electron chi connectivity index (χ0n) is 12.2. The van der Waals surface area contributed by atoms with Gasteiger partial charge in [-0.1, -0.05) is 26.7 Å². The Balaban J connectivity index is 2.16. The maximum atomic E-state index is 10.4. The number of benzene rings is 1. The molecule has 1 aliphatic rings. The first-order chi connectivity index (χ1) is 9.61. The third-order valence-corrected chi connectivity index (χ3v) is 4.21. The molecule has 2 atom stereocenters. The number of ether oxygens (including phenoxy) is 2. The minimum atomic E-state index is -0.454. The molecule has 2 rings (SSSR count). The monoisotopic (exact) mass is 342 g/mol. The summed E-state index contributed by atoms with van der Waals surface area (Å²) in [4.78, 5) is 0. The highest BCUT2D eigenvalue weighted by Gasteiger charge is 2.19. The summed E-state index contributed by atoms with van der Waals surface area (Å²) in [6, 6.07) is 3.85. The predicted octanol–water partition coefficient (Wildman–Crippen LogP) is 4.47. The van der Waals surface area contributed by atoms with Gasteiger partial charge in [-0.3, -0.25) is 0 Å². The van der Waals surface area contributed by atoms with E-state index in [4.69, 9.17) is 9.47 Å². The van der Waals surface area contributed by atoms with Crippen LogP contribution in [0.5, 0.6) is 11.5 Å². The van der Waals surface area contributed by atoms with Crippen LogP contribution < -0.4 is 9.47 Å². The van der Waals surface area contributed by atoms with E-state index in [0.717, 1.165) is 47.2 Å².